The van der Waals surface area contributed by atoms with Gasteiger partial charge in [-0.05, 0) is 32.0 Å². The summed E-state index contributed by atoms with van der Waals surface area (Å²) >= 11 is 5.96. The third-order valence-corrected chi connectivity index (χ3v) is 3.39. The average Bonchev–Trinajstić information content (AvgIpc) is 2.37. The van der Waals surface area contributed by atoms with E-state index < -0.39 is 0 Å². The van der Waals surface area contributed by atoms with E-state index in [1.165, 1.54) is 6.07 Å². The zero-order valence-corrected chi connectivity index (χ0v) is 12.5. The Balaban J connectivity index is 3.04. The van der Waals surface area contributed by atoms with Crippen molar-refractivity contribution in [1.29, 1.82) is 0 Å². The standard InChI is InChI=1S/C14H22ClFN2O/c1-10(2)18(6-7-19-3)14(9-17)12-8-11(15)4-5-13(12)16/h4-5,8,10,14H,6-7,9,17H2,1-3H3. The Kier molecular flexibility index (Phi) is 6.72. The van der Waals surface area contributed by atoms with Crippen LogP contribution < -0.4 is 5.73 Å². The second-order valence-corrected chi connectivity index (χ2v) is 5.18. The number of nitrogens with zero attached hydrogens (tertiary/aromatic N) is 1. The monoisotopic (exact) mass is 288 g/mol. The van der Waals surface area contributed by atoms with Crippen LogP contribution in [-0.2, 0) is 4.74 Å². The Hall–Kier alpha value is -0.680. The minimum absolute atomic E-state index is 0.200. The van der Waals surface area contributed by atoms with E-state index >= 15 is 0 Å². The van der Waals surface area contributed by atoms with E-state index in [0.717, 1.165) is 0 Å². The van der Waals surface area contributed by atoms with Crippen LogP contribution in [0.15, 0.2) is 18.2 Å². The van der Waals surface area contributed by atoms with Crippen LogP contribution in [0.5, 0.6) is 0 Å². The summed E-state index contributed by atoms with van der Waals surface area (Å²) in [6.45, 7) is 5.72. The first-order valence-corrected chi connectivity index (χ1v) is 6.78. The number of ether oxygens (including phenoxy) is 1. The van der Waals surface area contributed by atoms with Gasteiger partial charge in [-0.2, -0.15) is 0 Å². The fourth-order valence-corrected chi connectivity index (χ4v) is 2.36. The number of rotatable bonds is 7. The van der Waals surface area contributed by atoms with Crippen LogP contribution in [-0.4, -0.2) is 37.7 Å². The van der Waals surface area contributed by atoms with Gasteiger partial charge >= 0.3 is 0 Å². The summed E-state index contributed by atoms with van der Waals surface area (Å²) in [6, 6.07) is 4.62. The molecule has 0 radical (unpaired) electrons. The van der Waals surface area contributed by atoms with Crippen LogP contribution in [0.3, 0.4) is 0 Å². The van der Waals surface area contributed by atoms with Gasteiger partial charge in [0.1, 0.15) is 5.82 Å². The number of methoxy groups -OCH3 is 1. The molecule has 3 nitrogen and oxygen atoms in total. The Morgan fingerprint density at radius 2 is 2.11 bits per heavy atom. The molecule has 0 saturated heterocycles. The summed E-state index contributed by atoms with van der Waals surface area (Å²) in [5.41, 5.74) is 6.38. The highest BCUT2D eigenvalue weighted by Gasteiger charge is 2.24. The molecule has 5 heteroatoms. The minimum Gasteiger partial charge on any atom is -0.383 e. The number of nitrogens with two attached hydrogens (primary N) is 1. The Bertz CT molecular complexity index is 401. The molecule has 1 rings (SSSR count). The molecule has 1 atom stereocenters. The van der Waals surface area contributed by atoms with E-state index in [4.69, 9.17) is 22.1 Å². The molecule has 108 valence electrons. The maximum atomic E-state index is 14.0. The first kappa shape index (κ1) is 16.4. The summed E-state index contributed by atoms with van der Waals surface area (Å²) in [6.07, 6.45) is 0. The maximum absolute atomic E-state index is 14.0. The van der Waals surface area contributed by atoms with Crippen LogP contribution in [0.4, 0.5) is 4.39 Å². The quantitative estimate of drug-likeness (QED) is 0.838. The fourth-order valence-electron chi connectivity index (χ4n) is 2.18. The van der Waals surface area contributed by atoms with Crippen molar-refractivity contribution in [3.63, 3.8) is 0 Å². The van der Waals surface area contributed by atoms with E-state index in [9.17, 15) is 4.39 Å². The van der Waals surface area contributed by atoms with Crippen molar-refractivity contribution in [3.8, 4) is 0 Å². The summed E-state index contributed by atoms with van der Waals surface area (Å²) in [5.74, 6) is -0.275. The van der Waals surface area contributed by atoms with Crippen molar-refractivity contribution >= 4 is 11.6 Å². The Morgan fingerprint density at radius 1 is 1.42 bits per heavy atom. The van der Waals surface area contributed by atoms with Crippen molar-refractivity contribution in [3.05, 3.63) is 34.6 Å². The molecule has 0 spiro atoms. The van der Waals surface area contributed by atoms with Crippen LogP contribution in [0, 0.1) is 5.82 Å². The van der Waals surface area contributed by atoms with E-state index in [0.29, 0.717) is 30.3 Å². The number of hydrogen-bond acceptors (Lipinski definition) is 3. The maximum Gasteiger partial charge on any atom is 0.128 e. The van der Waals surface area contributed by atoms with Gasteiger partial charge in [-0.25, -0.2) is 4.39 Å². The zero-order valence-electron chi connectivity index (χ0n) is 11.7. The van der Waals surface area contributed by atoms with Gasteiger partial charge < -0.3 is 10.5 Å². The van der Waals surface area contributed by atoms with Gasteiger partial charge in [0.15, 0.2) is 0 Å². The van der Waals surface area contributed by atoms with Gasteiger partial charge in [-0.1, -0.05) is 11.6 Å². The van der Waals surface area contributed by atoms with Crippen molar-refractivity contribution in [1.82, 2.24) is 4.90 Å². The molecular weight excluding hydrogens is 267 g/mol. The summed E-state index contributed by atoms with van der Waals surface area (Å²) in [4.78, 5) is 2.12. The lowest BCUT2D eigenvalue weighted by Crippen LogP contribution is -2.41. The molecule has 0 aromatic heterocycles. The molecule has 0 fully saturated rings. The van der Waals surface area contributed by atoms with Gasteiger partial charge in [-0.3, -0.25) is 4.90 Å². The molecule has 1 unspecified atom stereocenters. The predicted molar refractivity (Wildman–Crippen MR) is 76.9 cm³/mol. The first-order chi connectivity index (χ1) is 9.01. The largest absolute Gasteiger partial charge is 0.383 e. The topological polar surface area (TPSA) is 38.5 Å². The lowest BCUT2D eigenvalue weighted by molar-refractivity contribution is 0.0965. The highest BCUT2D eigenvalue weighted by atomic mass is 35.5. The van der Waals surface area contributed by atoms with Crippen molar-refractivity contribution < 1.29 is 9.13 Å². The minimum atomic E-state index is -0.275. The zero-order chi connectivity index (χ0) is 14.4. The first-order valence-electron chi connectivity index (χ1n) is 6.41. The van der Waals surface area contributed by atoms with Crippen molar-refractivity contribution in [2.45, 2.75) is 25.9 Å². The van der Waals surface area contributed by atoms with Crippen molar-refractivity contribution in [2.75, 3.05) is 26.8 Å². The van der Waals surface area contributed by atoms with Gasteiger partial charge in [-0.15, -0.1) is 0 Å². The van der Waals surface area contributed by atoms with Crippen LogP contribution in [0.25, 0.3) is 0 Å². The molecular formula is C14H22ClFN2O. The number of halogens is 2. The Morgan fingerprint density at radius 3 is 2.63 bits per heavy atom. The molecule has 0 heterocycles. The summed E-state index contributed by atoms with van der Waals surface area (Å²) in [5, 5.41) is 0.519. The summed E-state index contributed by atoms with van der Waals surface area (Å²) in [7, 11) is 1.65. The van der Waals surface area contributed by atoms with Gasteiger partial charge in [0, 0.05) is 36.8 Å². The third-order valence-electron chi connectivity index (χ3n) is 3.16. The lowest BCUT2D eigenvalue weighted by Gasteiger charge is -2.34. The van der Waals surface area contributed by atoms with Crippen LogP contribution >= 0.6 is 11.6 Å². The van der Waals surface area contributed by atoms with Gasteiger partial charge in [0.05, 0.1) is 12.6 Å². The molecule has 0 aliphatic rings. The molecule has 1 aromatic rings. The smallest absolute Gasteiger partial charge is 0.128 e. The Labute approximate surface area is 119 Å². The number of benzene rings is 1. The highest BCUT2D eigenvalue weighted by molar-refractivity contribution is 6.30. The van der Waals surface area contributed by atoms with E-state index in [1.54, 1.807) is 19.2 Å². The van der Waals surface area contributed by atoms with Crippen LogP contribution in [0.2, 0.25) is 5.02 Å². The SMILES string of the molecule is COCCN(C(C)C)C(CN)c1cc(Cl)ccc1F. The molecule has 0 amide bonds. The van der Waals surface area contributed by atoms with E-state index in [-0.39, 0.29) is 17.9 Å². The molecule has 0 aliphatic heterocycles. The predicted octanol–water partition coefficient (Wildman–Crippen LogP) is 2.84. The molecule has 2 N–H and O–H groups in total. The highest BCUT2D eigenvalue weighted by Crippen LogP contribution is 2.26. The molecule has 19 heavy (non-hydrogen) atoms. The second-order valence-electron chi connectivity index (χ2n) is 4.74. The van der Waals surface area contributed by atoms with E-state index in [1.807, 2.05) is 0 Å². The van der Waals surface area contributed by atoms with E-state index in [2.05, 4.69) is 18.7 Å². The second kappa shape index (κ2) is 7.80. The molecule has 1 aromatic carbocycles. The number of hydrogen-bond donors (Lipinski definition) is 1. The van der Waals surface area contributed by atoms with Crippen molar-refractivity contribution in [2.24, 2.45) is 5.73 Å². The average molecular weight is 289 g/mol. The molecule has 0 saturated carbocycles. The molecule has 0 bridgehead atoms. The van der Waals surface area contributed by atoms with Crippen LogP contribution in [0.1, 0.15) is 25.5 Å². The normalized spacial score (nSPS) is 13.3. The lowest BCUT2D eigenvalue weighted by atomic mass is 10.0. The van der Waals surface area contributed by atoms with Gasteiger partial charge in [0.25, 0.3) is 0 Å². The fraction of sp³-hybridized carbons (Fsp3) is 0.571. The van der Waals surface area contributed by atoms with Gasteiger partial charge in [0.2, 0.25) is 0 Å². The molecule has 0 aliphatic carbocycles. The third kappa shape index (κ3) is 4.42. The summed E-state index contributed by atoms with van der Waals surface area (Å²) < 4.78 is 19.1.